The van der Waals surface area contributed by atoms with Crippen molar-refractivity contribution in [3.05, 3.63) is 29.8 Å². The largest absolute Gasteiger partial charge is 0.349 e. The smallest absolute Gasteiger partial charge is 0.251 e. The van der Waals surface area contributed by atoms with Crippen LogP contribution < -0.4 is 10.6 Å². The van der Waals surface area contributed by atoms with Crippen molar-refractivity contribution in [2.45, 2.75) is 49.4 Å². The molecule has 1 saturated heterocycles. The van der Waals surface area contributed by atoms with Gasteiger partial charge < -0.3 is 10.6 Å². The highest BCUT2D eigenvalue weighted by Gasteiger charge is 2.42. The third-order valence-electron chi connectivity index (χ3n) is 5.13. The molecule has 2 heterocycles. The molecule has 2 fully saturated rings. The Bertz CT molecular complexity index is 832. The van der Waals surface area contributed by atoms with Crippen molar-refractivity contribution in [2.24, 2.45) is 4.99 Å². The number of fused-ring (bicyclic) bond motifs is 1. The average molecular weight is 394 g/mol. The summed E-state index contributed by atoms with van der Waals surface area (Å²) in [5, 5.41) is 7.11. The highest BCUT2D eigenvalue weighted by molar-refractivity contribution is 8.15. The summed E-state index contributed by atoms with van der Waals surface area (Å²) >= 11 is 1.48. The fourth-order valence-corrected chi connectivity index (χ4v) is 7.47. The van der Waals surface area contributed by atoms with E-state index < -0.39 is 9.84 Å². The Hall–Kier alpha value is -1.54. The summed E-state index contributed by atoms with van der Waals surface area (Å²) in [7, 11) is -2.94. The molecule has 0 bridgehead atoms. The summed E-state index contributed by atoms with van der Waals surface area (Å²) in [4.78, 5) is 17.0. The van der Waals surface area contributed by atoms with Gasteiger partial charge in [0, 0.05) is 22.5 Å². The molecule has 2 aliphatic heterocycles. The van der Waals surface area contributed by atoms with Gasteiger partial charge in [-0.2, -0.15) is 0 Å². The van der Waals surface area contributed by atoms with Crippen molar-refractivity contribution < 1.29 is 13.2 Å². The van der Waals surface area contributed by atoms with Crippen molar-refractivity contribution in [2.75, 3.05) is 16.8 Å². The van der Waals surface area contributed by atoms with Gasteiger partial charge in [-0.3, -0.25) is 9.79 Å². The second-order valence-electron chi connectivity index (χ2n) is 7.25. The van der Waals surface area contributed by atoms with Gasteiger partial charge in [0.25, 0.3) is 5.91 Å². The third kappa shape index (κ3) is 4.06. The number of amides is 1. The van der Waals surface area contributed by atoms with Gasteiger partial charge in [0.1, 0.15) is 0 Å². The second-order valence-corrected chi connectivity index (χ2v) is 10.6. The topological polar surface area (TPSA) is 87.6 Å². The molecule has 1 saturated carbocycles. The number of carbonyl (C=O) groups is 1. The fourth-order valence-electron chi connectivity index (χ4n) is 3.79. The van der Waals surface area contributed by atoms with Gasteiger partial charge in [-0.1, -0.05) is 37.1 Å². The van der Waals surface area contributed by atoms with Gasteiger partial charge in [-0.15, -0.1) is 0 Å². The molecule has 0 unspecified atom stereocenters. The first-order chi connectivity index (χ1) is 12.5. The number of hydrogen-bond donors (Lipinski definition) is 2. The normalized spacial score (nSPS) is 27.6. The molecule has 140 valence electrons. The highest BCUT2D eigenvalue weighted by atomic mass is 32.2. The lowest BCUT2D eigenvalue weighted by Crippen LogP contribution is -2.36. The Morgan fingerprint density at radius 2 is 1.96 bits per heavy atom. The molecule has 0 spiro atoms. The Labute approximate surface area is 158 Å². The Balaban J connectivity index is 1.39. The van der Waals surface area contributed by atoms with E-state index in [-0.39, 0.29) is 34.7 Å². The zero-order valence-electron chi connectivity index (χ0n) is 14.5. The Morgan fingerprint density at radius 1 is 1.15 bits per heavy atom. The van der Waals surface area contributed by atoms with Crippen LogP contribution >= 0.6 is 11.8 Å². The third-order valence-corrected chi connectivity index (χ3v) is 8.28. The van der Waals surface area contributed by atoms with Crippen LogP contribution in [0, 0.1) is 0 Å². The van der Waals surface area contributed by atoms with Crippen LogP contribution in [0.2, 0.25) is 0 Å². The summed E-state index contributed by atoms with van der Waals surface area (Å²) < 4.78 is 23.3. The van der Waals surface area contributed by atoms with Crippen LogP contribution in [0.15, 0.2) is 29.3 Å². The average Bonchev–Trinajstić information content (AvgIpc) is 3.08. The van der Waals surface area contributed by atoms with Crippen LogP contribution in [0.25, 0.3) is 0 Å². The molecule has 2 N–H and O–H groups in total. The number of sulfone groups is 1. The van der Waals surface area contributed by atoms with Gasteiger partial charge in [0.15, 0.2) is 15.0 Å². The van der Waals surface area contributed by atoms with Crippen molar-refractivity contribution in [3.63, 3.8) is 0 Å². The first-order valence-electron chi connectivity index (χ1n) is 9.11. The summed E-state index contributed by atoms with van der Waals surface area (Å²) in [6.07, 6.45) is 5.74. The standard InChI is InChI=1S/C18H23N3O3S2/c22-17(19-13-6-2-1-3-7-13)12-5-4-8-14(9-12)20-18-21-15-10-26(23,24)11-16(15)25-18/h4-5,8-9,13,15-16H,1-3,6-7,10-11H2,(H,19,22)(H,20,21)/t15-,16+/m1/s1. The predicted octanol–water partition coefficient (Wildman–Crippen LogP) is 2.43. The second kappa shape index (κ2) is 7.23. The molecular formula is C18H23N3O3S2. The molecule has 4 rings (SSSR count). The Kier molecular flexibility index (Phi) is 4.96. The van der Waals surface area contributed by atoms with E-state index in [0.29, 0.717) is 5.56 Å². The number of nitrogens with zero attached hydrogens (tertiary/aromatic N) is 1. The lowest BCUT2D eigenvalue weighted by atomic mass is 9.95. The molecule has 1 aromatic rings. The van der Waals surface area contributed by atoms with Crippen LogP contribution in [-0.2, 0) is 9.84 Å². The number of hydrogen-bond acceptors (Lipinski definition) is 6. The Morgan fingerprint density at radius 3 is 2.73 bits per heavy atom. The van der Waals surface area contributed by atoms with E-state index >= 15 is 0 Å². The number of rotatable bonds is 3. The lowest BCUT2D eigenvalue weighted by Gasteiger charge is -2.22. The number of thioether (sulfide) groups is 1. The van der Waals surface area contributed by atoms with Crippen molar-refractivity contribution in [1.82, 2.24) is 5.32 Å². The maximum atomic E-state index is 12.5. The highest BCUT2D eigenvalue weighted by Crippen LogP contribution is 2.34. The van der Waals surface area contributed by atoms with Crippen LogP contribution in [-0.4, -0.2) is 48.3 Å². The first-order valence-corrected chi connectivity index (χ1v) is 11.8. The fraction of sp³-hybridized carbons (Fsp3) is 0.556. The zero-order chi connectivity index (χ0) is 18.1. The molecule has 1 amide bonds. The molecule has 0 aromatic heterocycles. The number of aliphatic imine (C=N–C) groups is 1. The van der Waals surface area contributed by atoms with Crippen LogP contribution in [0.3, 0.4) is 0 Å². The van der Waals surface area contributed by atoms with E-state index in [9.17, 15) is 13.2 Å². The molecule has 1 aliphatic carbocycles. The van der Waals surface area contributed by atoms with Crippen LogP contribution in [0.4, 0.5) is 5.69 Å². The maximum absolute atomic E-state index is 12.5. The number of amidine groups is 1. The molecule has 0 radical (unpaired) electrons. The summed E-state index contributed by atoms with van der Waals surface area (Å²) in [5.41, 5.74) is 1.43. The minimum absolute atomic E-state index is 0.0142. The molecule has 3 aliphatic rings. The van der Waals surface area contributed by atoms with E-state index in [1.54, 1.807) is 0 Å². The van der Waals surface area contributed by atoms with E-state index in [1.165, 1.54) is 31.0 Å². The lowest BCUT2D eigenvalue weighted by molar-refractivity contribution is 0.0927. The molecule has 26 heavy (non-hydrogen) atoms. The van der Waals surface area contributed by atoms with Crippen LogP contribution in [0.5, 0.6) is 0 Å². The predicted molar refractivity (Wildman–Crippen MR) is 106 cm³/mol. The van der Waals surface area contributed by atoms with Gasteiger partial charge in [-0.25, -0.2) is 8.42 Å². The van der Waals surface area contributed by atoms with E-state index in [4.69, 9.17) is 0 Å². The van der Waals surface area contributed by atoms with E-state index in [0.717, 1.165) is 23.7 Å². The number of nitrogens with one attached hydrogen (secondary N) is 2. The summed E-state index contributed by atoms with van der Waals surface area (Å²) in [5.74, 6) is 0.296. The van der Waals surface area contributed by atoms with Crippen molar-refractivity contribution in [1.29, 1.82) is 0 Å². The minimum Gasteiger partial charge on any atom is -0.349 e. The SMILES string of the molecule is O=C(NC1CCCCC1)c1cccc(NC2=N[C@@H]3CS(=O)(=O)C[C@@H]3S2)c1. The first kappa shape index (κ1) is 17.9. The van der Waals surface area contributed by atoms with Gasteiger partial charge >= 0.3 is 0 Å². The quantitative estimate of drug-likeness (QED) is 0.823. The number of carbonyl (C=O) groups excluding carboxylic acids is 1. The maximum Gasteiger partial charge on any atom is 0.251 e. The van der Waals surface area contributed by atoms with E-state index in [2.05, 4.69) is 15.6 Å². The van der Waals surface area contributed by atoms with Crippen molar-refractivity contribution >= 4 is 38.4 Å². The molecule has 2 atom stereocenters. The minimum atomic E-state index is -2.94. The summed E-state index contributed by atoms with van der Waals surface area (Å²) in [6.45, 7) is 0. The van der Waals surface area contributed by atoms with Crippen LogP contribution in [0.1, 0.15) is 42.5 Å². The molecule has 6 nitrogen and oxygen atoms in total. The van der Waals surface area contributed by atoms with Gasteiger partial charge in [0.2, 0.25) is 0 Å². The molecular weight excluding hydrogens is 370 g/mol. The van der Waals surface area contributed by atoms with Gasteiger partial charge in [-0.05, 0) is 31.0 Å². The number of benzene rings is 1. The number of anilines is 1. The van der Waals surface area contributed by atoms with Crippen molar-refractivity contribution in [3.8, 4) is 0 Å². The molecule has 8 heteroatoms. The zero-order valence-corrected chi connectivity index (χ0v) is 16.1. The van der Waals surface area contributed by atoms with Gasteiger partial charge in [0.05, 0.1) is 17.5 Å². The van der Waals surface area contributed by atoms with E-state index in [1.807, 2.05) is 24.3 Å². The molecule has 1 aromatic carbocycles. The monoisotopic (exact) mass is 393 g/mol. The summed E-state index contributed by atoms with van der Waals surface area (Å²) in [6, 6.07) is 7.52.